The van der Waals surface area contributed by atoms with Crippen molar-refractivity contribution in [3.05, 3.63) is 65.7 Å². The van der Waals surface area contributed by atoms with E-state index >= 15 is 0 Å². The first-order valence-electron chi connectivity index (χ1n) is 9.56. The van der Waals surface area contributed by atoms with Crippen LogP contribution in [0.2, 0.25) is 0 Å². The third-order valence-corrected chi connectivity index (χ3v) is 4.70. The minimum atomic E-state index is -0.808. The zero-order chi connectivity index (χ0) is 21.9. The van der Waals surface area contributed by atoms with E-state index in [0.717, 1.165) is 11.1 Å². The molecule has 0 spiro atoms. The molecular weight excluding hydrogens is 386 g/mol. The summed E-state index contributed by atoms with van der Waals surface area (Å²) in [6.45, 7) is -0.187. The van der Waals surface area contributed by atoms with Gasteiger partial charge < -0.3 is 15.4 Å². The highest BCUT2D eigenvalue weighted by molar-refractivity contribution is 5.88. The van der Waals surface area contributed by atoms with E-state index in [0.29, 0.717) is 17.2 Å². The lowest BCUT2D eigenvalue weighted by Gasteiger charge is -2.23. The zero-order valence-corrected chi connectivity index (χ0v) is 17.1. The summed E-state index contributed by atoms with van der Waals surface area (Å²) in [7, 11) is 3.07. The van der Waals surface area contributed by atoms with Gasteiger partial charge in [-0.2, -0.15) is 0 Å². The topological polar surface area (TPSA) is 108 Å². The number of likely N-dealkylation sites (N-methyl/N-ethyl adjacent to an activating group) is 1. The Morgan fingerprint density at radius 2 is 1.67 bits per heavy atom. The maximum absolute atomic E-state index is 13.0. The molecule has 0 bridgehead atoms. The number of hydrogen-bond acceptors (Lipinski definition) is 5. The summed E-state index contributed by atoms with van der Waals surface area (Å²) < 4.78 is 5.14. The van der Waals surface area contributed by atoms with E-state index in [1.807, 2.05) is 42.5 Å². The van der Waals surface area contributed by atoms with Gasteiger partial charge in [0.1, 0.15) is 11.8 Å². The number of amides is 3. The average Bonchev–Trinajstić information content (AvgIpc) is 2.78. The van der Waals surface area contributed by atoms with Crippen molar-refractivity contribution in [2.24, 2.45) is 5.92 Å². The maximum Gasteiger partial charge on any atom is 0.242 e. The molecule has 0 aromatic heterocycles. The molecule has 0 fully saturated rings. The number of rotatable bonds is 11. The molecule has 2 aromatic rings. The average molecular weight is 413 g/mol. The monoisotopic (exact) mass is 413 g/mol. The van der Waals surface area contributed by atoms with Gasteiger partial charge in [0.15, 0.2) is 0 Å². The van der Waals surface area contributed by atoms with Crippen LogP contribution in [-0.2, 0) is 27.2 Å². The van der Waals surface area contributed by atoms with Crippen molar-refractivity contribution in [3.63, 3.8) is 0 Å². The van der Waals surface area contributed by atoms with Crippen LogP contribution in [0.5, 0.6) is 5.75 Å². The first kappa shape index (κ1) is 22.9. The number of carbonyl (C=O) groups excluding carboxylic acids is 3. The number of benzene rings is 2. The third kappa shape index (κ3) is 6.89. The van der Waals surface area contributed by atoms with Crippen LogP contribution in [0.25, 0.3) is 0 Å². The Kier molecular flexibility index (Phi) is 8.83. The molecule has 3 N–H and O–H groups in total. The van der Waals surface area contributed by atoms with Crippen molar-refractivity contribution in [2.75, 3.05) is 20.7 Å². The largest absolute Gasteiger partial charge is 0.497 e. The molecule has 160 valence electrons. The fraction of sp³-hybridized carbons (Fsp3) is 0.318. The predicted octanol–water partition coefficient (Wildman–Crippen LogP) is 1.17. The van der Waals surface area contributed by atoms with Gasteiger partial charge in [0.25, 0.3) is 0 Å². The van der Waals surface area contributed by atoms with Gasteiger partial charge in [0.05, 0.1) is 19.6 Å². The number of hydrogen-bond donors (Lipinski definition) is 3. The molecule has 2 rings (SSSR count). The fourth-order valence-electron chi connectivity index (χ4n) is 3.08. The van der Waals surface area contributed by atoms with E-state index < -0.39 is 17.9 Å². The molecule has 0 saturated carbocycles. The van der Waals surface area contributed by atoms with E-state index in [1.54, 1.807) is 19.2 Å². The Morgan fingerprint density at radius 1 is 1.03 bits per heavy atom. The molecule has 0 heterocycles. The Hall–Kier alpha value is -3.39. The fourth-order valence-corrected chi connectivity index (χ4v) is 3.08. The standard InChI is InChI=1S/C22H27N3O5/c1-23-22(28)20(13-17-8-10-19(30-2)11-9-17)24-21(27)18(14-25(29)15-26)12-16-6-4-3-5-7-16/h3-11,15,18,20,29H,12-14H2,1-2H3,(H,23,28)(H,24,27)/t18?,20-/m0/s1. The molecule has 0 aliphatic carbocycles. The molecule has 8 heteroatoms. The first-order chi connectivity index (χ1) is 14.5. The molecule has 0 aliphatic rings. The summed E-state index contributed by atoms with van der Waals surface area (Å²) >= 11 is 0. The first-order valence-corrected chi connectivity index (χ1v) is 9.56. The molecule has 1 unspecified atom stereocenters. The Bertz CT molecular complexity index is 826. The van der Waals surface area contributed by atoms with Gasteiger partial charge in [-0.1, -0.05) is 42.5 Å². The summed E-state index contributed by atoms with van der Waals surface area (Å²) in [5.41, 5.74) is 1.73. The number of nitrogens with one attached hydrogen (secondary N) is 2. The quantitative estimate of drug-likeness (QED) is 0.291. The lowest BCUT2D eigenvalue weighted by Crippen LogP contribution is -2.50. The number of carbonyl (C=O) groups is 3. The summed E-state index contributed by atoms with van der Waals surface area (Å²) in [5, 5.41) is 15.4. The Morgan fingerprint density at radius 3 is 2.23 bits per heavy atom. The molecular formula is C22H27N3O5. The smallest absolute Gasteiger partial charge is 0.242 e. The van der Waals surface area contributed by atoms with Gasteiger partial charge in [-0.25, -0.2) is 5.06 Å². The van der Waals surface area contributed by atoms with Crippen molar-refractivity contribution in [3.8, 4) is 5.75 Å². The van der Waals surface area contributed by atoms with Gasteiger partial charge in [-0.3, -0.25) is 19.6 Å². The predicted molar refractivity (Wildman–Crippen MR) is 111 cm³/mol. The van der Waals surface area contributed by atoms with Gasteiger partial charge in [-0.15, -0.1) is 0 Å². The van der Waals surface area contributed by atoms with E-state index in [4.69, 9.17) is 4.74 Å². The highest BCUT2D eigenvalue weighted by Crippen LogP contribution is 2.14. The molecule has 0 saturated heterocycles. The summed E-state index contributed by atoms with van der Waals surface area (Å²) in [6.07, 6.45) is 0.837. The van der Waals surface area contributed by atoms with Crippen LogP contribution >= 0.6 is 0 Å². The molecule has 8 nitrogen and oxygen atoms in total. The second-order valence-electron chi connectivity index (χ2n) is 6.84. The summed E-state index contributed by atoms with van der Waals surface area (Å²) in [6, 6.07) is 15.7. The number of hydroxylamine groups is 2. The van der Waals surface area contributed by atoms with Gasteiger partial charge >= 0.3 is 0 Å². The highest BCUT2D eigenvalue weighted by Gasteiger charge is 2.27. The van der Waals surface area contributed by atoms with Crippen molar-refractivity contribution in [1.29, 1.82) is 0 Å². The van der Waals surface area contributed by atoms with Crippen LogP contribution < -0.4 is 15.4 Å². The van der Waals surface area contributed by atoms with Crippen LogP contribution in [0.1, 0.15) is 11.1 Å². The number of methoxy groups -OCH3 is 1. The minimum absolute atomic E-state index is 0.187. The molecule has 30 heavy (non-hydrogen) atoms. The van der Waals surface area contributed by atoms with Crippen LogP contribution in [-0.4, -0.2) is 55.2 Å². The van der Waals surface area contributed by atoms with E-state index in [1.165, 1.54) is 7.05 Å². The summed E-state index contributed by atoms with van der Waals surface area (Å²) in [5.74, 6) is -0.805. The van der Waals surface area contributed by atoms with Crippen LogP contribution in [0.15, 0.2) is 54.6 Å². The van der Waals surface area contributed by atoms with Crippen LogP contribution in [0, 0.1) is 5.92 Å². The third-order valence-electron chi connectivity index (χ3n) is 4.70. The van der Waals surface area contributed by atoms with Crippen LogP contribution in [0.4, 0.5) is 0 Å². The van der Waals surface area contributed by atoms with Crippen LogP contribution in [0.3, 0.4) is 0 Å². The van der Waals surface area contributed by atoms with Crippen molar-refractivity contribution >= 4 is 18.2 Å². The van der Waals surface area contributed by atoms with Crippen molar-refractivity contribution in [1.82, 2.24) is 15.7 Å². The summed E-state index contributed by atoms with van der Waals surface area (Å²) in [4.78, 5) is 36.2. The van der Waals surface area contributed by atoms with Gasteiger partial charge in [0, 0.05) is 13.5 Å². The van der Waals surface area contributed by atoms with E-state index in [2.05, 4.69) is 10.6 Å². The zero-order valence-electron chi connectivity index (χ0n) is 17.1. The Labute approximate surface area is 175 Å². The van der Waals surface area contributed by atoms with E-state index in [9.17, 15) is 19.6 Å². The maximum atomic E-state index is 13.0. The lowest BCUT2D eigenvalue weighted by molar-refractivity contribution is -0.154. The van der Waals surface area contributed by atoms with Gasteiger partial charge in [0.2, 0.25) is 18.2 Å². The molecule has 3 amide bonds. The highest BCUT2D eigenvalue weighted by atomic mass is 16.5. The number of nitrogens with zero attached hydrogens (tertiary/aromatic N) is 1. The molecule has 0 aliphatic heterocycles. The number of ether oxygens (including phenoxy) is 1. The van der Waals surface area contributed by atoms with E-state index in [-0.39, 0.29) is 25.3 Å². The lowest BCUT2D eigenvalue weighted by atomic mass is 9.97. The molecule has 2 aromatic carbocycles. The Balaban J connectivity index is 2.15. The second kappa shape index (κ2) is 11.6. The second-order valence-corrected chi connectivity index (χ2v) is 6.84. The minimum Gasteiger partial charge on any atom is -0.497 e. The molecule has 0 radical (unpaired) electrons. The van der Waals surface area contributed by atoms with Crippen molar-refractivity contribution < 1.29 is 24.3 Å². The SMILES string of the molecule is CNC(=O)[C@H](Cc1ccc(OC)cc1)NC(=O)C(Cc1ccccc1)CN(O)C=O. The van der Waals surface area contributed by atoms with Gasteiger partial charge in [-0.05, 0) is 29.7 Å². The molecule has 2 atom stereocenters. The van der Waals surface area contributed by atoms with Crippen molar-refractivity contribution in [2.45, 2.75) is 18.9 Å². The normalized spacial score (nSPS) is 12.4.